The largest absolute Gasteiger partial charge is 0.282 e. The summed E-state index contributed by atoms with van der Waals surface area (Å²) < 4.78 is 0. The Kier molecular flexibility index (Phi) is 4.08. The summed E-state index contributed by atoms with van der Waals surface area (Å²) >= 11 is 4.64. The van der Waals surface area contributed by atoms with Gasteiger partial charge in [0.2, 0.25) is 5.24 Å². The highest BCUT2D eigenvalue weighted by molar-refractivity contribution is 6.62. The molecule has 0 fully saturated rings. The standard InChI is InChI=1S/C9H7N.C2H3ClO/c1-2-6-9-8(4-1)5-3-7-10-9;1-2(3)4/h1-7H;1H3. The molecule has 3 heteroatoms. The first-order valence-corrected chi connectivity index (χ1v) is 4.54. The lowest BCUT2D eigenvalue weighted by atomic mass is 10.2. The second-order valence-electron chi connectivity index (χ2n) is 2.67. The zero-order valence-corrected chi connectivity index (χ0v) is 8.53. The number of halogens is 1. The van der Waals surface area contributed by atoms with Crippen LogP contribution < -0.4 is 0 Å². The third-order valence-corrected chi connectivity index (χ3v) is 1.51. The van der Waals surface area contributed by atoms with Gasteiger partial charge in [-0.05, 0) is 23.7 Å². The van der Waals surface area contributed by atoms with Gasteiger partial charge in [-0.15, -0.1) is 0 Å². The van der Waals surface area contributed by atoms with Crippen molar-refractivity contribution in [2.24, 2.45) is 0 Å². The summed E-state index contributed by atoms with van der Waals surface area (Å²) in [4.78, 5) is 13.4. The Bertz CT molecular complexity index is 359. The molecule has 0 aliphatic rings. The summed E-state index contributed by atoms with van der Waals surface area (Å²) in [5.74, 6) is 0. The number of benzene rings is 1. The van der Waals surface area contributed by atoms with Crippen molar-refractivity contribution >= 4 is 27.7 Å². The Morgan fingerprint density at radius 2 is 1.79 bits per heavy atom. The number of hydrogen-bond acceptors (Lipinski definition) is 2. The van der Waals surface area contributed by atoms with E-state index < -0.39 is 0 Å². The van der Waals surface area contributed by atoms with Gasteiger partial charge in [-0.25, -0.2) is 0 Å². The third kappa shape index (κ3) is 3.54. The zero-order valence-electron chi connectivity index (χ0n) is 7.77. The lowest BCUT2D eigenvalue weighted by molar-refractivity contribution is -0.109. The predicted molar refractivity (Wildman–Crippen MR) is 58.3 cm³/mol. The summed E-state index contributed by atoms with van der Waals surface area (Å²) in [6.45, 7) is 1.29. The SMILES string of the molecule is CC(=O)Cl.c1ccc2ncccc2c1. The number of pyridine rings is 1. The first kappa shape index (κ1) is 10.7. The molecule has 0 aliphatic heterocycles. The van der Waals surface area contributed by atoms with Crippen molar-refractivity contribution in [1.82, 2.24) is 4.98 Å². The van der Waals surface area contributed by atoms with Crippen LogP contribution in [-0.4, -0.2) is 10.2 Å². The van der Waals surface area contributed by atoms with Crippen LogP contribution in [0.4, 0.5) is 0 Å². The van der Waals surface area contributed by atoms with Crippen molar-refractivity contribution in [3.8, 4) is 0 Å². The van der Waals surface area contributed by atoms with Crippen LogP contribution in [0.15, 0.2) is 42.6 Å². The second kappa shape index (κ2) is 5.35. The quantitative estimate of drug-likeness (QED) is 0.622. The van der Waals surface area contributed by atoms with Crippen LogP contribution in [0.3, 0.4) is 0 Å². The monoisotopic (exact) mass is 207 g/mol. The Labute approximate surface area is 87.5 Å². The van der Waals surface area contributed by atoms with Gasteiger partial charge in [-0.2, -0.15) is 0 Å². The van der Waals surface area contributed by atoms with Gasteiger partial charge in [0.05, 0.1) is 5.52 Å². The molecular formula is C11H10ClNO. The second-order valence-corrected chi connectivity index (χ2v) is 3.20. The first-order valence-electron chi connectivity index (χ1n) is 4.16. The van der Waals surface area contributed by atoms with Gasteiger partial charge in [0.1, 0.15) is 0 Å². The average molecular weight is 208 g/mol. The van der Waals surface area contributed by atoms with E-state index in [9.17, 15) is 4.79 Å². The van der Waals surface area contributed by atoms with Crippen molar-refractivity contribution in [2.75, 3.05) is 0 Å². The minimum absolute atomic E-state index is 0.361. The molecule has 0 N–H and O–H groups in total. The summed E-state index contributed by atoms with van der Waals surface area (Å²) in [6.07, 6.45) is 1.81. The molecule has 14 heavy (non-hydrogen) atoms. The van der Waals surface area contributed by atoms with Gasteiger partial charge < -0.3 is 0 Å². The number of hydrogen-bond donors (Lipinski definition) is 0. The third-order valence-electron chi connectivity index (χ3n) is 1.51. The zero-order chi connectivity index (χ0) is 10.4. The number of carbonyl (C=O) groups is 1. The molecule has 0 aliphatic carbocycles. The summed E-state index contributed by atoms with van der Waals surface area (Å²) in [6, 6.07) is 12.1. The summed E-state index contributed by atoms with van der Waals surface area (Å²) in [5.41, 5.74) is 1.06. The van der Waals surface area contributed by atoms with Crippen molar-refractivity contribution in [3.63, 3.8) is 0 Å². The number of para-hydroxylation sites is 1. The summed E-state index contributed by atoms with van der Waals surface area (Å²) in [5, 5.41) is 0.838. The minimum atomic E-state index is -0.361. The van der Waals surface area contributed by atoms with E-state index in [2.05, 4.69) is 28.7 Å². The lowest BCUT2D eigenvalue weighted by Gasteiger charge is -1.91. The van der Waals surface area contributed by atoms with Crippen LogP contribution in [0.2, 0.25) is 0 Å². The molecular weight excluding hydrogens is 198 g/mol. The van der Waals surface area contributed by atoms with Gasteiger partial charge in [0, 0.05) is 18.5 Å². The molecule has 1 heterocycles. The van der Waals surface area contributed by atoms with Crippen LogP contribution >= 0.6 is 11.6 Å². The lowest BCUT2D eigenvalue weighted by Crippen LogP contribution is -1.73. The van der Waals surface area contributed by atoms with Crippen LogP contribution in [0.5, 0.6) is 0 Å². The van der Waals surface area contributed by atoms with Gasteiger partial charge in [0.25, 0.3) is 0 Å². The highest BCUT2D eigenvalue weighted by Gasteiger charge is 1.86. The topological polar surface area (TPSA) is 30.0 Å². The van der Waals surface area contributed by atoms with Crippen molar-refractivity contribution in [1.29, 1.82) is 0 Å². The minimum Gasteiger partial charge on any atom is -0.282 e. The maximum absolute atomic E-state index is 9.21. The molecule has 0 saturated carbocycles. The maximum atomic E-state index is 9.21. The van der Waals surface area contributed by atoms with Crippen LogP contribution in [0.1, 0.15) is 6.92 Å². The normalized spacial score (nSPS) is 9.00. The van der Waals surface area contributed by atoms with Gasteiger partial charge >= 0.3 is 0 Å². The molecule has 0 bridgehead atoms. The number of nitrogens with zero attached hydrogens (tertiary/aromatic N) is 1. The van der Waals surface area contributed by atoms with Crippen molar-refractivity contribution in [3.05, 3.63) is 42.6 Å². The summed E-state index contributed by atoms with van der Waals surface area (Å²) in [7, 11) is 0. The fraction of sp³-hybridized carbons (Fsp3) is 0.0909. The Morgan fingerprint density at radius 1 is 1.21 bits per heavy atom. The van der Waals surface area contributed by atoms with Crippen LogP contribution in [0, 0.1) is 0 Å². The fourth-order valence-electron chi connectivity index (χ4n) is 1.02. The van der Waals surface area contributed by atoms with E-state index >= 15 is 0 Å². The molecule has 0 unspecified atom stereocenters. The van der Waals surface area contributed by atoms with E-state index in [1.54, 1.807) is 0 Å². The van der Waals surface area contributed by atoms with Gasteiger partial charge in [-0.3, -0.25) is 9.78 Å². The molecule has 2 nitrogen and oxygen atoms in total. The average Bonchev–Trinajstić information content (AvgIpc) is 2.17. The number of aromatic nitrogens is 1. The predicted octanol–water partition coefficient (Wildman–Crippen LogP) is 3.01. The van der Waals surface area contributed by atoms with Gasteiger partial charge in [0.15, 0.2) is 0 Å². The molecule has 2 aromatic rings. The van der Waals surface area contributed by atoms with E-state index in [-0.39, 0.29) is 5.24 Å². The molecule has 0 radical (unpaired) electrons. The Balaban J connectivity index is 0.000000213. The van der Waals surface area contributed by atoms with Crippen molar-refractivity contribution < 1.29 is 4.79 Å². The Hall–Kier alpha value is -1.41. The number of rotatable bonds is 0. The van der Waals surface area contributed by atoms with E-state index in [1.165, 1.54) is 12.3 Å². The first-order chi connectivity index (χ1) is 6.70. The number of fused-ring (bicyclic) bond motifs is 1. The Morgan fingerprint density at radius 3 is 2.43 bits per heavy atom. The molecule has 72 valence electrons. The maximum Gasteiger partial charge on any atom is 0.218 e. The molecule has 0 atom stereocenters. The molecule has 1 aromatic carbocycles. The van der Waals surface area contributed by atoms with Crippen LogP contribution in [-0.2, 0) is 4.79 Å². The smallest absolute Gasteiger partial charge is 0.218 e. The van der Waals surface area contributed by atoms with Gasteiger partial charge in [-0.1, -0.05) is 24.3 Å². The fourth-order valence-corrected chi connectivity index (χ4v) is 1.02. The highest BCUT2D eigenvalue weighted by Crippen LogP contribution is 2.07. The van der Waals surface area contributed by atoms with E-state index in [0.29, 0.717) is 0 Å². The van der Waals surface area contributed by atoms with E-state index in [4.69, 9.17) is 0 Å². The molecule has 1 aromatic heterocycles. The number of carbonyl (C=O) groups excluding carboxylic acids is 1. The molecule has 0 amide bonds. The van der Waals surface area contributed by atoms with Crippen LogP contribution in [0.25, 0.3) is 10.9 Å². The van der Waals surface area contributed by atoms with E-state index in [0.717, 1.165) is 5.52 Å². The van der Waals surface area contributed by atoms with Crippen molar-refractivity contribution in [2.45, 2.75) is 6.92 Å². The molecule has 2 rings (SSSR count). The molecule has 0 saturated heterocycles. The molecule has 0 spiro atoms. The van der Waals surface area contributed by atoms with E-state index in [1.807, 2.05) is 30.5 Å². The highest BCUT2D eigenvalue weighted by atomic mass is 35.5.